The van der Waals surface area contributed by atoms with E-state index in [1.54, 1.807) is 46.6 Å². The average Bonchev–Trinajstić information content (AvgIpc) is 2.95. The summed E-state index contributed by atoms with van der Waals surface area (Å²) in [4.78, 5) is 13.3. The number of para-hydroxylation sites is 2. The molecule has 3 aromatic carbocycles. The Labute approximate surface area is 223 Å². The Morgan fingerprint density at radius 1 is 0.868 bits per heavy atom. The Kier molecular flexibility index (Phi) is 8.91. The largest absolute Gasteiger partial charge is 0.493 e. The van der Waals surface area contributed by atoms with E-state index in [4.69, 9.17) is 23.7 Å². The Morgan fingerprint density at radius 2 is 1.55 bits per heavy atom. The molecule has 0 radical (unpaired) electrons. The van der Waals surface area contributed by atoms with Gasteiger partial charge in [-0.15, -0.1) is 0 Å². The van der Waals surface area contributed by atoms with Crippen molar-refractivity contribution in [2.75, 3.05) is 48.1 Å². The molecule has 1 aliphatic rings. The molecule has 0 saturated carbocycles. The van der Waals surface area contributed by atoms with Gasteiger partial charge in [0.25, 0.3) is 0 Å². The number of nitrogens with zero attached hydrogens (tertiary/aromatic N) is 2. The van der Waals surface area contributed by atoms with Gasteiger partial charge in [-0.25, -0.2) is 0 Å². The van der Waals surface area contributed by atoms with Crippen molar-refractivity contribution in [3.05, 3.63) is 81.4 Å². The molecule has 0 spiro atoms. The topological polar surface area (TPSA) is 92.5 Å². The van der Waals surface area contributed by atoms with Crippen LogP contribution in [0.3, 0.4) is 0 Å². The van der Waals surface area contributed by atoms with Crippen LogP contribution >= 0.6 is 0 Å². The summed E-state index contributed by atoms with van der Waals surface area (Å²) < 4.78 is 27.9. The van der Waals surface area contributed by atoms with Gasteiger partial charge in [-0.2, -0.15) is 0 Å². The fraction of sp³-hybridized carbons (Fsp3) is 0.379. The molecule has 0 saturated heterocycles. The fourth-order valence-corrected chi connectivity index (χ4v) is 5.00. The molecule has 0 aromatic heterocycles. The molecule has 1 aliphatic heterocycles. The van der Waals surface area contributed by atoms with E-state index in [2.05, 4.69) is 23.1 Å². The van der Waals surface area contributed by atoms with E-state index in [9.17, 15) is 10.1 Å². The fourth-order valence-electron chi connectivity index (χ4n) is 5.00. The average molecular weight is 523 g/mol. The lowest BCUT2D eigenvalue weighted by molar-refractivity contribution is -0.385. The van der Waals surface area contributed by atoms with Crippen LogP contribution in [0.4, 0.5) is 5.69 Å². The molecule has 0 bridgehead atoms. The van der Waals surface area contributed by atoms with Crippen molar-refractivity contribution < 1.29 is 28.6 Å². The van der Waals surface area contributed by atoms with Crippen LogP contribution < -0.4 is 23.7 Å². The highest BCUT2D eigenvalue weighted by molar-refractivity contribution is 5.50. The van der Waals surface area contributed by atoms with Crippen molar-refractivity contribution in [1.82, 2.24) is 4.90 Å². The van der Waals surface area contributed by atoms with Crippen molar-refractivity contribution in [1.29, 1.82) is 0 Å². The van der Waals surface area contributed by atoms with Crippen molar-refractivity contribution in [3.8, 4) is 28.7 Å². The number of rotatable bonds is 12. The third-order valence-corrected chi connectivity index (χ3v) is 6.90. The Hall–Kier alpha value is -3.98. The number of nitro groups is 1. The van der Waals surface area contributed by atoms with Crippen LogP contribution in [0.5, 0.6) is 28.7 Å². The number of nitro benzene ring substituents is 1. The van der Waals surface area contributed by atoms with Crippen LogP contribution in [0.2, 0.25) is 0 Å². The van der Waals surface area contributed by atoms with Crippen LogP contribution in [0, 0.1) is 10.1 Å². The van der Waals surface area contributed by atoms with E-state index < -0.39 is 4.92 Å². The molecule has 4 rings (SSSR count). The first kappa shape index (κ1) is 27.1. The lowest BCUT2D eigenvalue weighted by Crippen LogP contribution is -2.37. The molecule has 0 aliphatic carbocycles. The van der Waals surface area contributed by atoms with Crippen LogP contribution in [-0.2, 0) is 12.8 Å². The minimum Gasteiger partial charge on any atom is -0.493 e. The maximum Gasteiger partial charge on any atom is 0.310 e. The first-order valence-electron chi connectivity index (χ1n) is 12.5. The highest BCUT2D eigenvalue weighted by atomic mass is 16.6. The normalized spacial score (nSPS) is 14.9. The third kappa shape index (κ3) is 5.94. The van der Waals surface area contributed by atoms with Gasteiger partial charge in [-0.3, -0.25) is 15.0 Å². The molecule has 0 fully saturated rings. The standard InChI is InChI=1S/C29H34N2O7/c1-34-26-11-10-20(17-27(26)35-2)16-24-22-19-29(37-4)28(36-3)18-21(22)12-14-30(24)13-7-15-38-25-9-6-5-8-23(25)31(32)33/h5-6,8-11,17-19,24H,7,12-16H2,1-4H3. The highest BCUT2D eigenvalue weighted by Crippen LogP contribution is 2.40. The molecule has 38 heavy (non-hydrogen) atoms. The number of fused-ring (bicyclic) bond motifs is 1. The number of ether oxygens (including phenoxy) is 5. The van der Waals surface area contributed by atoms with E-state index >= 15 is 0 Å². The third-order valence-electron chi connectivity index (χ3n) is 6.90. The molecule has 0 amide bonds. The van der Waals surface area contributed by atoms with Gasteiger partial charge in [0, 0.05) is 25.2 Å². The van der Waals surface area contributed by atoms with E-state index in [1.165, 1.54) is 17.2 Å². The predicted octanol–water partition coefficient (Wildman–Crippen LogP) is 5.24. The maximum absolute atomic E-state index is 11.3. The molecule has 202 valence electrons. The molecule has 1 atom stereocenters. The Bertz CT molecular complexity index is 1260. The van der Waals surface area contributed by atoms with Gasteiger partial charge in [0.1, 0.15) is 0 Å². The van der Waals surface area contributed by atoms with E-state index in [0.717, 1.165) is 43.7 Å². The van der Waals surface area contributed by atoms with Crippen molar-refractivity contribution >= 4 is 5.69 Å². The summed E-state index contributed by atoms with van der Waals surface area (Å²) in [7, 11) is 6.56. The quantitative estimate of drug-likeness (QED) is 0.181. The summed E-state index contributed by atoms with van der Waals surface area (Å²) in [6, 6.07) is 16.7. The monoisotopic (exact) mass is 522 g/mol. The maximum atomic E-state index is 11.3. The lowest BCUT2D eigenvalue weighted by Gasteiger charge is -2.38. The van der Waals surface area contributed by atoms with E-state index in [1.807, 2.05) is 12.1 Å². The first-order chi connectivity index (χ1) is 18.5. The number of methoxy groups -OCH3 is 4. The predicted molar refractivity (Wildman–Crippen MR) is 144 cm³/mol. The number of hydrogen-bond acceptors (Lipinski definition) is 8. The summed E-state index contributed by atoms with van der Waals surface area (Å²) >= 11 is 0. The molecular weight excluding hydrogens is 488 g/mol. The van der Waals surface area contributed by atoms with E-state index in [0.29, 0.717) is 29.6 Å². The summed E-state index contributed by atoms with van der Waals surface area (Å²) in [5.41, 5.74) is 3.53. The number of benzene rings is 3. The van der Waals surface area contributed by atoms with Crippen molar-refractivity contribution in [3.63, 3.8) is 0 Å². The summed E-state index contributed by atoms with van der Waals surface area (Å²) in [5, 5.41) is 11.3. The Balaban J connectivity index is 1.56. The summed E-state index contributed by atoms with van der Waals surface area (Å²) in [6.07, 6.45) is 2.36. The van der Waals surface area contributed by atoms with Crippen molar-refractivity contribution in [2.45, 2.75) is 25.3 Å². The van der Waals surface area contributed by atoms with Crippen LogP contribution in [0.25, 0.3) is 0 Å². The van der Waals surface area contributed by atoms with Gasteiger partial charge in [0.2, 0.25) is 0 Å². The molecule has 0 N–H and O–H groups in total. The zero-order valence-corrected chi connectivity index (χ0v) is 22.3. The Morgan fingerprint density at radius 3 is 2.26 bits per heavy atom. The van der Waals surface area contributed by atoms with Gasteiger partial charge in [-0.1, -0.05) is 18.2 Å². The van der Waals surface area contributed by atoms with Gasteiger partial charge in [0.05, 0.1) is 40.0 Å². The van der Waals surface area contributed by atoms with Crippen LogP contribution in [0.15, 0.2) is 54.6 Å². The molecule has 9 nitrogen and oxygen atoms in total. The minimum absolute atomic E-state index is 0.0215. The molecule has 9 heteroatoms. The second kappa shape index (κ2) is 12.5. The van der Waals surface area contributed by atoms with Crippen molar-refractivity contribution in [2.24, 2.45) is 0 Å². The van der Waals surface area contributed by atoms with Crippen LogP contribution in [-0.4, -0.2) is 58.0 Å². The van der Waals surface area contributed by atoms with Gasteiger partial charge < -0.3 is 23.7 Å². The molecule has 1 unspecified atom stereocenters. The molecular formula is C29H34N2O7. The molecule has 3 aromatic rings. The van der Waals surface area contributed by atoms with Gasteiger partial charge in [0.15, 0.2) is 28.7 Å². The van der Waals surface area contributed by atoms with Gasteiger partial charge in [-0.05, 0) is 66.3 Å². The number of hydrogen-bond donors (Lipinski definition) is 0. The second-order valence-electron chi connectivity index (χ2n) is 9.03. The zero-order valence-electron chi connectivity index (χ0n) is 22.3. The van der Waals surface area contributed by atoms with Gasteiger partial charge >= 0.3 is 5.69 Å². The SMILES string of the molecule is COc1ccc(CC2c3cc(OC)c(OC)cc3CCN2CCCOc2ccccc2[N+](=O)[O-])cc1OC. The zero-order chi connectivity index (χ0) is 27.1. The highest BCUT2D eigenvalue weighted by Gasteiger charge is 2.29. The second-order valence-corrected chi connectivity index (χ2v) is 9.03. The summed E-state index contributed by atoms with van der Waals surface area (Å²) in [6.45, 7) is 2.02. The first-order valence-corrected chi connectivity index (χ1v) is 12.5. The van der Waals surface area contributed by atoms with Crippen LogP contribution in [0.1, 0.15) is 29.2 Å². The minimum atomic E-state index is -0.419. The lowest BCUT2D eigenvalue weighted by atomic mass is 9.88. The molecule has 1 heterocycles. The summed E-state index contributed by atoms with van der Waals surface area (Å²) in [5.74, 6) is 3.10. The smallest absolute Gasteiger partial charge is 0.310 e. The van der Waals surface area contributed by atoms with E-state index in [-0.39, 0.29) is 11.7 Å².